The Kier molecular flexibility index (Phi) is 4.83. The van der Waals surface area contributed by atoms with Crippen LogP contribution < -0.4 is 10.8 Å². The Morgan fingerprint density at radius 3 is 2.73 bits per heavy atom. The molecule has 7 nitrogen and oxygen atoms in total. The summed E-state index contributed by atoms with van der Waals surface area (Å²) in [7, 11) is 1.58. The third-order valence-corrected chi connectivity index (χ3v) is 3.79. The van der Waals surface area contributed by atoms with Gasteiger partial charge in [-0.2, -0.15) is 5.06 Å². The molecule has 0 aliphatic rings. The maximum absolute atomic E-state index is 14.3. The summed E-state index contributed by atoms with van der Waals surface area (Å²) < 4.78 is 29.9. The van der Waals surface area contributed by atoms with Crippen molar-refractivity contribution in [1.29, 1.82) is 0 Å². The van der Waals surface area contributed by atoms with E-state index in [1.54, 1.807) is 7.05 Å². The molecular formula is C17H16F2N4O3. The van der Waals surface area contributed by atoms with Crippen molar-refractivity contribution in [3.63, 3.8) is 0 Å². The van der Waals surface area contributed by atoms with Crippen LogP contribution in [0.3, 0.4) is 0 Å². The summed E-state index contributed by atoms with van der Waals surface area (Å²) in [6.45, 7) is -0.632. The minimum Gasteiger partial charge on any atom is -0.394 e. The van der Waals surface area contributed by atoms with E-state index in [1.807, 2.05) is 0 Å². The molecule has 0 aliphatic heterocycles. The molecule has 9 heteroatoms. The van der Waals surface area contributed by atoms with Gasteiger partial charge in [0, 0.05) is 12.6 Å². The number of amides is 1. The zero-order chi connectivity index (χ0) is 18.8. The molecule has 136 valence electrons. The number of para-hydroxylation sites is 1. The number of hydrogen-bond donors (Lipinski definition) is 2. The molecule has 2 aromatic carbocycles. The Hall–Kier alpha value is -3.04. The van der Waals surface area contributed by atoms with E-state index in [9.17, 15) is 13.6 Å². The van der Waals surface area contributed by atoms with Crippen LogP contribution in [0.1, 0.15) is 10.4 Å². The van der Waals surface area contributed by atoms with Crippen molar-refractivity contribution >= 4 is 28.6 Å². The largest absolute Gasteiger partial charge is 0.394 e. The molecule has 3 aromatic rings. The lowest BCUT2D eigenvalue weighted by molar-refractivity contribution is 0.0521. The molecule has 0 aliphatic carbocycles. The molecule has 0 saturated heterocycles. The van der Waals surface area contributed by atoms with Gasteiger partial charge in [-0.25, -0.2) is 13.8 Å². The normalized spacial score (nSPS) is 11.1. The summed E-state index contributed by atoms with van der Waals surface area (Å²) in [4.78, 5) is 21.9. The number of nitrogens with zero attached hydrogens (tertiary/aromatic N) is 3. The van der Waals surface area contributed by atoms with E-state index in [2.05, 4.69) is 4.98 Å². The molecule has 0 bridgehead atoms. The lowest BCUT2D eigenvalue weighted by Crippen LogP contribution is -2.33. The van der Waals surface area contributed by atoms with Gasteiger partial charge < -0.3 is 15.4 Å². The first-order valence-electron chi connectivity index (χ1n) is 7.68. The molecule has 1 amide bonds. The summed E-state index contributed by atoms with van der Waals surface area (Å²) >= 11 is 0. The Labute approximate surface area is 147 Å². The highest BCUT2D eigenvalue weighted by Crippen LogP contribution is 2.25. The summed E-state index contributed by atoms with van der Waals surface area (Å²) in [6.07, 6.45) is 0. The first kappa shape index (κ1) is 17.8. The highest BCUT2D eigenvalue weighted by molar-refractivity contribution is 6.06. The summed E-state index contributed by atoms with van der Waals surface area (Å²) in [6, 6.07) is 7.84. The van der Waals surface area contributed by atoms with Crippen LogP contribution in [0, 0.1) is 11.6 Å². The molecule has 0 atom stereocenters. The number of halogens is 2. The van der Waals surface area contributed by atoms with Gasteiger partial charge in [0.15, 0.2) is 5.82 Å². The molecule has 1 heterocycles. The van der Waals surface area contributed by atoms with Crippen LogP contribution in [0.15, 0.2) is 36.4 Å². The van der Waals surface area contributed by atoms with Gasteiger partial charge in [-0.15, -0.1) is 0 Å². The van der Waals surface area contributed by atoms with Gasteiger partial charge in [0.05, 0.1) is 18.7 Å². The van der Waals surface area contributed by atoms with Gasteiger partial charge in [0.1, 0.15) is 17.0 Å². The summed E-state index contributed by atoms with van der Waals surface area (Å²) in [5, 5.41) is 9.65. The highest BCUT2D eigenvalue weighted by Gasteiger charge is 2.24. The van der Waals surface area contributed by atoms with E-state index in [1.165, 1.54) is 28.8 Å². The topological polar surface area (TPSA) is 93.6 Å². The third-order valence-electron chi connectivity index (χ3n) is 3.79. The average molecular weight is 362 g/mol. The van der Waals surface area contributed by atoms with Gasteiger partial charge in [-0.1, -0.05) is 12.1 Å². The van der Waals surface area contributed by atoms with Crippen molar-refractivity contribution < 1.29 is 23.5 Å². The van der Waals surface area contributed by atoms with E-state index in [0.29, 0.717) is 10.6 Å². The van der Waals surface area contributed by atoms with Crippen molar-refractivity contribution in [2.45, 2.75) is 0 Å². The Morgan fingerprint density at radius 2 is 2.04 bits per heavy atom. The molecule has 1 aromatic heterocycles. The molecule has 26 heavy (non-hydrogen) atoms. The van der Waals surface area contributed by atoms with Crippen molar-refractivity contribution in [3.8, 4) is 0 Å². The second kappa shape index (κ2) is 7.06. The van der Waals surface area contributed by atoms with Crippen molar-refractivity contribution in [3.05, 3.63) is 53.6 Å². The van der Waals surface area contributed by atoms with Gasteiger partial charge in [0.25, 0.3) is 5.91 Å². The Balaban J connectivity index is 2.08. The number of rotatable bonds is 5. The number of hydrogen-bond acceptors (Lipinski definition) is 5. The fraction of sp³-hybridized carbons (Fsp3) is 0.176. The lowest BCUT2D eigenvalue weighted by Gasteiger charge is -2.22. The summed E-state index contributed by atoms with van der Waals surface area (Å²) in [5.41, 5.74) is 5.76. The molecule has 0 saturated carbocycles. The first-order valence-corrected chi connectivity index (χ1v) is 7.68. The Bertz CT molecular complexity index is 974. The third kappa shape index (κ3) is 3.09. The van der Waals surface area contributed by atoms with Crippen molar-refractivity contribution in [2.24, 2.45) is 7.05 Å². The molecule has 0 radical (unpaired) electrons. The quantitative estimate of drug-likeness (QED) is 0.677. The van der Waals surface area contributed by atoms with Crippen LogP contribution in [0.2, 0.25) is 0 Å². The monoisotopic (exact) mass is 362 g/mol. The SMILES string of the molecule is Cn1c(N)nc2c(F)cc(C(=O)N(OCCO)c3ccccc3F)cc21. The number of aliphatic hydroxyl groups is 1. The molecule has 0 fully saturated rings. The zero-order valence-electron chi connectivity index (χ0n) is 13.8. The van der Waals surface area contributed by atoms with Crippen molar-refractivity contribution in [1.82, 2.24) is 9.55 Å². The van der Waals surface area contributed by atoms with E-state index < -0.39 is 17.5 Å². The molecule has 3 rings (SSSR count). The number of carbonyl (C=O) groups is 1. The smallest absolute Gasteiger partial charge is 0.282 e. The van der Waals surface area contributed by atoms with Crippen LogP contribution in [-0.2, 0) is 11.9 Å². The maximum atomic E-state index is 14.3. The number of hydroxylamine groups is 1. The van der Waals surface area contributed by atoms with Crippen LogP contribution in [0.5, 0.6) is 0 Å². The molecule has 0 unspecified atom stereocenters. The van der Waals surface area contributed by atoms with Crippen LogP contribution in [0.25, 0.3) is 11.0 Å². The van der Waals surface area contributed by atoms with Crippen LogP contribution in [0.4, 0.5) is 20.4 Å². The summed E-state index contributed by atoms with van der Waals surface area (Å²) in [5.74, 6) is -2.16. The minimum atomic E-state index is -0.802. The number of aryl methyl sites for hydroxylation is 1. The van der Waals surface area contributed by atoms with Crippen LogP contribution in [-0.4, -0.2) is 33.8 Å². The average Bonchev–Trinajstić information content (AvgIpc) is 2.92. The number of aliphatic hydroxyl groups excluding tert-OH is 1. The van der Waals surface area contributed by atoms with E-state index in [0.717, 1.165) is 12.1 Å². The van der Waals surface area contributed by atoms with Gasteiger partial charge in [-0.05, 0) is 24.3 Å². The molecular weight excluding hydrogens is 346 g/mol. The Morgan fingerprint density at radius 1 is 1.31 bits per heavy atom. The lowest BCUT2D eigenvalue weighted by atomic mass is 10.1. The van der Waals surface area contributed by atoms with Crippen LogP contribution >= 0.6 is 0 Å². The number of carbonyl (C=O) groups excluding carboxylic acids is 1. The standard InChI is InChI=1S/C17H16F2N4O3/c1-22-14-9-10(8-12(19)15(14)21-17(22)20)16(25)23(26-7-6-24)13-5-3-2-4-11(13)18/h2-5,8-9,24H,6-7H2,1H3,(H2,20,21). The fourth-order valence-corrected chi connectivity index (χ4v) is 2.49. The maximum Gasteiger partial charge on any atom is 0.282 e. The predicted molar refractivity (Wildman–Crippen MR) is 91.3 cm³/mol. The van der Waals surface area contributed by atoms with E-state index in [4.69, 9.17) is 15.7 Å². The van der Waals surface area contributed by atoms with Gasteiger partial charge in [0.2, 0.25) is 5.95 Å². The molecule has 3 N–H and O–H groups in total. The molecule has 0 spiro atoms. The fourth-order valence-electron chi connectivity index (χ4n) is 2.49. The van der Waals surface area contributed by atoms with E-state index >= 15 is 0 Å². The van der Waals surface area contributed by atoms with Gasteiger partial charge >= 0.3 is 0 Å². The van der Waals surface area contributed by atoms with Gasteiger partial charge in [-0.3, -0.25) is 9.63 Å². The second-order valence-electron chi connectivity index (χ2n) is 5.46. The highest BCUT2D eigenvalue weighted by atomic mass is 19.1. The second-order valence-corrected chi connectivity index (χ2v) is 5.46. The van der Waals surface area contributed by atoms with Crippen molar-refractivity contribution in [2.75, 3.05) is 24.0 Å². The number of fused-ring (bicyclic) bond motifs is 1. The number of nitrogens with two attached hydrogens (primary N) is 1. The minimum absolute atomic E-state index is 0.0234. The number of anilines is 2. The number of imidazole rings is 1. The predicted octanol–water partition coefficient (Wildman–Crippen LogP) is 2.00. The van der Waals surface area contributed by atoms with E-state index in [-0.39, 0.29) is 35.9 Å². The number of nitrogen functional groups attached to an aromatic ring is 1. The number of benzene rings is 2. The first-order chi connectivity index (χ1) is 12.4. The number of aromatic nitrogens is 2. The zero-order valence-corrected chi connectivity index (χ0v) is 13.8.